The number of rotatable bonds is 6. The van der Waals surface area contributed by atoms with E-state index in [-0.39, 0.29) is 11.7 Å². The summed E-state index contributed by atoms with van der Waals surface area (Å²) in [5, 5.41) is 5.52. The van der Waals surface area contributed by atoms with Gasteiger partial charge in [0.05, 0.1) is 29.8 Å². The van der Waals surface area contributed by atoms with Gasteiger partial charge < -0.3 is 19.8 Å². The van der Waals surface area contributed by atoms with Gasteiger partial charge in [0.1, 0.15) is 5.75 Å². The van der Waals surface area contributed by atoms with Gasteiger partial charge in [-0.1, -0.05) is 24.3 Å². The van der Waals surface area contributed by atoms with E-state index in [2.05, 4.69) is 10.6 Å². The van der Waals surface area contributed by atoms with Gasteiger partial charge in [0.15, 0.2) is 5.76 Å². The van der Waals surface area contributed by atoms with E-state index in [4.69, 9.17) is 9.15 Å². The van der Waals surface area contributed by atoms with Crippen LogP contribution in [-0.2, 0) is 0 Å². The van der Waals surface area contributed by atoms with Crippen LogP contribution in [0.1, 0.15) is 27.8 Å². The van der Waals surface area contributed by atoms with Gasteiger partial charge in [0.25, 0.3) is 11.8 Å². The van der Waals surface area contributed by atoms with Crippen LogP contribution in [0, 0.1) is 0 Å². The Morgan fingerprint density at radius 1 is 0.885 bits per heavy atom. The van der Waals surface area contributed by atoms with E-state index >= 15 is 0 Å². The predicted molar refractivity (Wildman–Crippen MR) is 98.7 cm³/mol. The van der Waals surface area contributed by atoms with Crippen LogP contribution in [0.15, 0.2) is 71.3 Å². The van der Waals surface area contributed by atoms with E-state index in [9.17, 15) is 9.59 Å². The lowest BCUT2D eigenvalue weighted by Gasteiger charge is -2.13. The first-order valence-electron chi connectivity index (χ1n) is 8.16. The zero-order valence-electron chi connectivity index (χ0n) is 14.2. The minimum atomic E-state index is -0.426. The number of nitrogens with one attached hydrogen (secondary N) is 2. The normalized spacial score (nSPS) is 10.2. The Hall–Kier alpha value is -3.54. The molecule has 1 aromatic heterocycles. The smallest absolute Gasteiger partial charge is 0.291 e. The summed E-state index contributed by atoms with van der Waals surface area (Å²) < 4.78 is 10.6. The number of ether oxygens (including phenoxy) is 1. The number of hydrogen-bond donors (Lipinski definition) is 2. The van der Waals surface area contributed by atoms with E-state index in [1.807, 2.05) is 19.1 Å². The molecule has 0 atom stereocenters. The topological polar surface area (TPSA) is 80.6 Å². The van der Waals surface area contributed by atoms with Gasteiger partial charge in [-0.2, -0.15) is 0 Å². The lowest BCUT2D eigenvalue weighted by Crippen LogP contribution is -2.18. The average Bonchev–Trinajstić information content (AvgIpc) is 3.19. The Bertz CT molecular complexity index is 904. The molecule has 6 heteroatoms. The van der Waals surface area contributed by atoms with Gasteiger partial charge in [-0.15, -0.1) is 0 Å². The molecule has 0 fully saturated rings. The second-order valence-electron chi connectivity index (χ2n) is 5.36. The molecule has 2 aromatic carbocycles. The first-order chi connectivity index (χ1) is 12.7. The van der Waals surface area contributed by atoms with E-state index in [0.717, 1.165) is 0 Å². The molecular weight excluding hydrogens is 332 g/mol. The Morgan fingerprint density at radius 3 is 2.31 bits per heavy atom. The lowest BCUT2D eigenvalue weighted by atomic mass is 10.1. The summed E-state index contributed by atoms with van der Waals surface area (Å²) in [5.74, 6) is -0.0279. The molecule has 0 spiro atoms. The number of para-hydroxylation sites is 3. The highest BCUT2D eigenvalue weighted by atomic mass is 16.5. The molecule has 0 saturated carbocycles. The molecule has 0 aliphatic rings. The van der Waals surface area contributed by atoms with Crippen molar-refractivity contribution in [1.29, 1.82) is 0 Å². The SMILES string of the molecule is CCOc1ccccc1NC(=O)c1ccccc1NC(=O)c1ccco1. The van der Waals surface area contributed by atoms with Crippen LogP contribution in [0.2, 0.25) is 0 Å². The summed E-state index contributed by atoms with van der Waals surface area (Å²) in [7, 11) is 0. The predicted octanol–water partition coefficient (Wildman–Crippen LogP) is 4.18. The molecular formula is C20H18N2O4. The second kappa shape index (κ2) is 8.02. The van der Waals surface area contributed by atoms with Crippen molar-refractivity contribution in [3.8, 4) is 5.75 Å². The van der Waals surface area contributed by atoms with E-state index in [1.54, 1.807) is 48.5 Å². The van der Waals surface area contributed by atoms with Crippen LogP contribution in [0.4, 0.5) is 11.4 Å². The van der Waals surface area contributed by atoms with Crippen LogP contribution >= 0.6 is 0 Å². The van der Waals surface area contributed by atoms with Crippen LogP contribution < -0.4 is 15.4 Å². The molecule has 0 unspecified atom stereocenters. The lowest BCUT2D eigenvalue weighted by molar-refractivity contribution is 0.0996. The van der Waals surface area contributed by atoms with Gasteiger partial charge in [-0.3, -0.25) is 9.59 Å². The number of amides is 2. The van der Waals surface area contributed by atoms with Crippen molar-refractivity contribution < 1.29 is 18.7 Å². The number of hydrogen-bond acceptors (Lipinski definition) is 4. The van der Waals surface area contributed by atoms with Crippen LogP contribution in [0.3, 0.4) is 0 Å². The molecule has 132 valence electrons. The fourth-order valence-electron chi connectivity index (χ4n) is 2.42. The van der Waals surface area contributed by atoms with Gasteiger partial charge in [0, 0.05) is 0 Å². The summed E-state index contributed by atoms with van der Waals surface area (Å²) in [6.45, 7) is 2.36. The molecule has 0 radical (unpaired) electrons. The summed E-state index contributed by atoms with van der Waals surface area (Å²) >= 11 is 0. The monoisotopic (exact) mass is 350 g/mol. The summed E-state index contributed by atoms with van der Waals surface area (Å²) in [5.41, 5.74) is 1.28. The van der Waals surface area contributed by atoms with Crippen molar-refractivity contribution in [2.75, 3.05) is 17.2 Å². The molecule has 6 nitrogen and oxygen atoms in total. The Balaban J connectivity index is 1.81. The maximum Gasteiger partial charge on any atom is 0.291 e. The fraction of sp³-hybridized carbons (Fsp3) is 0.100. The number of furan rings is 1. The van der Waals surface area contributed by atoms with Gasteiger partial charge in [0.2, 0.25) is 0 Å². The van der Waals surface area contributed by atoms with Crippen molar-refractivity contribution in [3.05, 3.63) is 78.3 Å². The third-order valence-corrected chi connectivity index (χ3v) is 3.60. The van der Waals surface area contributed by atoms with Crippen molar-refractivity contribution in [2.24, 2.45) is 0 Å². The van der Waals surface area contributed by atoms with Crippen molar-refractivity contribution in [2.45, 2.75) is 6.92 Å². The average molecular weight is 350 g/mol. The zero-order valence-corrected chi connectivity index (χ0v) is 14.2. The molecule has 3 aromatic rings. The van der Waals surface area contributed by atoms with Gasteiger partial charge in [-0.05, 0) is 43.3 Å². The quantitative estimate of drug-likeness (QED) is 0.699. The van der Waals surface area contributed by atoms with E-state index in [1.165, 1.54) is 6.26 Å². The van der Waals surface area contributed by atoms with Crippen molar-refractivity contribution >= 4 is 23.2 Å². The van der Waals surface area contributed by atoms with Crippen LogP contribution in [0.25, 0.3) is 0 Å². The van der Waals surface area contributed by atoms with Gasteiger partial charge >= 0.3 is 0 Å². The molecule has 2 N–H and O–H groups in total. The number of anilines is 2. The molecule has 26 heavy (non-hydrogen) atoms. The highest BCUT2D eigenvalue weighted by Gasteiger charge is 2.16. The molecule has 0 bridgehead atoms. The fourth-order valence-corrected chi connectivity index (χ4v) is 2.42. The molecule has 0 aliphatic carbocycles. The minimum absolute atomic E-state index is 0.168. The molecule has 1 heterocycles. The summed E-state index contributed by atoms with van der Waals surface area (Å²) in [4.78, 5) is 24.9. The minimum Gasteiger partial charge on any atom is -0.492 e. The number of carbonyl (C=O) groups is 2. The molecule has 0 saturated heterocycles. The van der Waals surface area contributed by atoms with Crippen molar-refractivity contribution in [3.63, 3.8) is 0 Å². The second-order valence-corrected chi connectivity index (χ2v) is 5.36. The van der Waals surface area contributed by atoms with E-state index < -0.39 is 5.91 Å². The molecule has 2 amide bonds. The maximum atomic E-state index is 12.7. The highest BCUT2D eigenvalue weighted by molar-refractivity contribution is 6.12. The highest BCUT2D eigenvalue weighted by Crippen LogP contribution is 2.25. The van der Waals surface area contributed by atoms with Crippen LogP contribution in [0.5, 0.6) is 5.75 Å². The third-order valence-electron chi connectivity index (χ3n) is 3.60. The Kier molecular flexibility index (Phi) is 5.34. The van der Waals surface area contributed by atoms with Crippen molar-refractivity contribution in [1.82, 2.24) is 0 Å². The first-order valence-corrected chi connectivity index (χ1v) is 8.16. The first kappa shape index (κ1) is 17.3. The van der Waals surface area contributed by atoms with Gasteiger partial charge in [-0.25, -0.2) is 0 Å². The largest absolute Gasteiger partial charge is 0.492 e. The standard InChI is InChI=1S/C20H18N2O4/c1-2-25-17-11-6-5-10-16(17)22-19(23)14-8-3-4-9-15(14)21-20(24)18-12-7-13-26-18/h3-13H,2H2,1H3,(H,21,24)(H,22,23). The van der Waals surface area contributed by atoms with Crippen LogP contribution in [-0.4, -0.2) is 18.4 Å². The Morgan fingerprint density at radius 2 is 1.58 bits per heavy atom. The number of carbonyl (C=O) groups excluding carboxylic acids is 2. The Labute approximate surface area is 150 Å². The maximum absolute atomic E-state index is 12.7. The van der Waals surface area contributed by atoms with E-state index in [0.29, 0.717) is 29.3 Å². The summed E-state index contributed by atoms with van der Waals surface area (Å²) in [6, 6.07) is 17.1. The number of benzene rings is 2. The molecule has 0 aliphatic heterocycles. The zero-order chi connectivity index (χ0) is 18.4. The summed E-state index contributed by atoms with van der Waals surface area (Å²) in [6.07, 6.45) is 1.41. The molecule has 3 rings (SSSR count). The third kappa shape index (κ3) is 3.92.